The molecule has 1 aliphatic rings. The lowest BCUT2D eigenvalue weighted by molar-refractivity contribution is -0.384. The van der Waals surface area contributed by atoms with Crippen LogP contribution in [0, 0.1) is 10.1 Å². The molecule has 1 fully saturated rings. The number of hydrogen-bond donors (Lipinski definition) is 1. The highest BCUT2D eigenvalue weighted by molar-refractivity contribution is 7.89. The average molecular weight is 307 g/mol. The highest BCUT2D eigenvalue weighted by atomic mass is 35.5. The van der Waals surface area contributed by atoms with Crippen molar-refractivity contribution in [2.24, 2.45) is 0 Å². The lowest BCUT2D eigenvalue weighted by Gasteiger charge is -2.15. The Labute approximate surface area is 114 Å². The molecular formula is C10H11ClN2O5S. The number of hydrogen-bond acceptors (Lipinski definition) is 5. The Hall–Kier alpha value is -1.22. The average Bonchev–Trinajstić information content (AvgIpc) is 2.76. The topological polar surface area (TPSA) is 101 Å². The van der Waals surface area contributed by atoms with Gasteiger partial charge in [-0.2, -0.15) is 4.31 Å². The van der Waals surface area contributed by atoms with Crippen molar-refractivity contribution < 1.29 is 18.4 Å². The van der Waals surface area contributed by atoms with Crippen molar-refractivity contribution in [2.75, 3.05) is 13.1 Å². The molecule has 2 rings (SSSR count). The van der Waals surface area contributed by atoms with Crippen molar-refractivity contribution in [3.63, 3.8) is 0 Å². The first-order valence-corrected chi connectivity index (χ1v) is 7.26. The molecule has 104 valence electrons. The predicted molar refractivity (Wildman–Crippen MR) is 67.5 cm³/mol. The highest BCUT2D eigenvalue weighted by Gasteiger charge is 2.32. The van der Waals surface area contributed by atoms with Crippen molar-refractivity contribution in [2.45, 2.75) is 17.4 Å². The fourth-order valence-corrected chi connectivity index (χ4v) is 3.57. The zero-order chi connectivity index (χ0) is 14.2. The standard InChI is InChI=1S/C10H11ClN2O5S/c11-9-2-1-8(5-10(9)13(15)16)19(17,18)12-4-3-7(14)6-12/h1-2,5,7,14H,3-4,6H2. The van der Waals surface area contributed by atoms with Crippen molar-refractivity contribution in [3.8, 4) is 0 Å². The lowest BCUT2D eigenvalue weighted by Crippen LogP contribution is -2.29. The van der Waals surface area contributed by atoms with E-state index in [-0.39, 0.29) is 23.0 Å². The Bertz CT molecular complexity index is 618. The van der Waals surface area contributed by atoms with Gasteiger partial charge in [-0.25, -0.2) is 8.42 Å². The van der Waals surface area contributed by atoms with Gasteiger partial charge in [-0.05, 0) is 18.6 Å². The summed E-state index contributed by atoms with van der Waals surface area (Å²) in [7, 11) is -3.83. The largest absolute Gasteiger partial charge is 0.392 e. The fraction of sp³-hybridized carbons (Fsp3) is 0.400. The Kier molecular flexibility index (Phi) is 3.77. The molecule has 0 spiro atoms. The predicted octanol–water partition coefficient (Wildman–Crippen LogP) is 1.00. The van der Waals surface area contributed by atoms with E-state index in [9.17, 15) is 23.6 Å². The molecule has 7 nitrogen and oxygen atoms in total. The summed E-state index contributed by atoms with van der Waals surface area (Å²) in [6, 6.07) is 3.33. The molecule has 1 atom stereocenters. The van der Waals surface area contributed by atoms with Crippen LogP contribution >= 0.6 is 11.6 Å². The summed E-state index contributed by atoms with van der Waals surface area (Å²) < 4.78 is 25.5. The van der Waals surface area contributed by atoms with Crippen molar-refractivity contribution in [1.82, 2.24) is 4.31 Å². The minimum atomic E-state index is -3.83. The van der Waals surface area contributed by atoms with Crippen LogP contribution in [0.15, 0.2) is 23.1 Å². The molecule has 0 amide bonds. The maximum Gasteiger partial charge on any atom is 0.289 e. The maximum atomic E-state index is 12.2. The van der Waals surface area contributed by atoms with Crippen LogP contribution in [0.1, 0.15) is 6.42 Å². The molecule has 1 unspecified atom stereocenters. The second kappa shape index (κ2) is 5.04. The van der Waals surface area contributed by atoms with E-state index in [0.29, 0.717) is 6.42 Å². The molecule has 1 aromatic carbocycles. The number of nitro benzene ring substituents is 1. The van der Waals surface area contributed by atoms with Gasteiger partial charge in [-0.15, -0.1) is 0 Å². The summed E-state index contributed by atoms with van der Waals surface area (Å²) in [5, 5.41) is 20.0. The molecule has 1 heterocycles. The molecular weight excluding hydrogens is 296 g/mol. The zero-order valence-electron chi connectivity index (χ0n) is 9.69. The van der Waals surface area contributed by atoms with E-state index in [4.69, 9.17) is 11.6 Å². The fourth-order valence-electron chi connectivity index (χ4n) is 1.87. The van der Waals surface area contributed by atoms with E-state index < -0.39 is 26.7 Å². The van der Waals surface area contributed by atoms with Gasteiger partial charge in [-0.1, -0.05) is 11.6 Å². The molecule has 1 aliphatic heterocycles. The van der Waals surface area contributed by atoms with Crippen LogP contribution in [0.3, 0.4) is 0 Å². The van der Waals surface area contributed by atoms with Crippen LogP contribution in [-0.2, 0) is 10.0 Å². The summed E-state index contributed by atoms with van der Waals surface area (Å²) in [4.78, 5) is 9.81. The number of sulfonamides is 1. The van der Waals surface area contributed by atoms with Crippen LogP contribution in [0.5, 0.6) is 0 Å². The summed E-state index contributed by atoms with van der Waals surface area (Å²) in [6.45, 7) is 0.193. The Morgan fingerprint density at radius 1 is 1.47 bits per heavy atom. The number of rotatable bonds is 3. The minimum absolute atomic E-state index is 0.00123. The lowest BCUT2D eigenvalue weighted by atomic mass is 10.3. The van der Waals surface area contributed by atoms with E-state index in [2.05, 4.69) is 0 Å². The van der Waals surface area contributed by atoms with Crippen LogP contribution in [0.2, 0.25) is 5.02 Å². The van der Waals surface area contributed by atoms with Gasteiger partial charge in [0.05, 0.1) is 15.9 Å². The van der Waals surface area contributed by atoms with Crippen molar-refractivity contribution in [1.29, 1.82) is 0 Å². The number of benzene rings is 1. The normalized spacial score (nSPS) is 20.6. The van der Waals surface area contributed by atoms with Gasteiger partial charge in [0.15, 0.2) is 0 Å². The Morgan fingerprint density at radius 3 is 2.68 bits per heavy atom. The smallest absolute Gasteiger partial charge is 0.289 e. The third kappa shape index (κ3) is 2.71. The van der Waals surface area contributed by atoms with Gasteiger partial charge in [0, 0.05) is 19.2 Å². The molecule has 1 aromatic rings. The van der Waals surface area contributed by atoms with Crippen molar-refractivity contribution >= 4 is 27.3 Å². The summed E-state index contributed by atoms with van der Waals surface area (Å²) in [5.74, 6) is 0. The first-order chi connectivity index (χ1) is 8.82. The third-order valence-corrected chi connectivity index (χ3v) is 5.06. The molecule has 0 radical (unpaired) electrons. The second-order valence-electron chi connectivity index (χ2n) is 4.18. The number of β-amino-alcohol motifs (C(OH)–C–C–N with tert-alkyl or cyclic N) is 1. The SMILES string of the molecule is O=[N+]([O-])c1cc(S(=O)(=O)N2CCC(O)C2)ccc1Cl. The molecule has 9 heteroatoms. The maximum absolute atomic E-state index is 12.2. The van der Waals surface area contributed by atoms with Gasteiger partial charge in [0.1, 0.15) is 5.02 Å². The molecule has 1 N–H and O–H groups in total. The molecule has 0 aromatic heterocycles. The Balaban J connectivity index is 2.41. The van der Waals surface area contributed by atoms with Crippen LogP contribution in [0.4, 0.5) is 5.69 Å². The number of nitro groups is 1. The van der Waals surface area contributed by atoms with Crippen LogP contribution < -0.4 is 0 Å². The molecule has 1 saturated heterocycles. The monoisotopic (exact) mass is 306 g/mol. The van der Waals surface area contributed by atoms with Crippen LogP contribution in [0.25, 0.3) is 0 Å². The van der Waals surface area contributed by atoms with Gasteiger partial charge < -0.3 is 5.11 Å². The third-order valence-electron chi connectivity index (χ3n) is 2.88. The van der Waals surface area contributed by atoms with Crippen LogP contribution in [-0.4, -0.2) is 41.9 Å². The zero-order valence-corrected chi connectivity index (χ0v) is 11.3. The van der Waals surface area contributed by atoms with Gasteiger partial charge in [0.2, 0.25) is 10.0 Å². The molecule has 0 aliphatic carbocycles. The molecule has 0 saturated carbocycles. The van der Waals surface area contributed by atoms with E-state index in [0.717, 1.165) is 10.4 Å². The summed E-state index contributed by atoms with van der Waals surface area (Å²) in [5.41, 5.74) is -0.456. The van der Waals surface area contributed by atoms with Gasteiger partial charge in [0.25, 0.3) is 5.69 Å². The first kappa shape index (κ1) is 14.2. The number of aliphatic hydroxyl groups is 1. The van der Waals surface area contributed by atoms with Gasteiger partial charge in [-0.3, -0.25) is 10.1 Å². The second-order valence-corrected chi connectivity index (χ2v) is 6.52. The van der Waals surface area contributed by atoms with E-state index in [1.165, 1.54) is 12.1 Å². The quantitative estimate of drug-likeness (QED) is 0.663. The summed E-state index contributed by atoms with van der Waals surface area (Å²) in [6.07, 6.45) is -0.341. The minimum Gasteiger partial charge on any atom is -0.392 e. The van der Waals surface area contributed by atoms with E-state index in [1.54, 1.807) is 0 Å². The van der Waals surface area contributed by atoms with E-state index in [1.807, 2.05) is 0 Å². The Morgan fingerprint density at radius 2 is 2.16 bits per heavy atom. The van der Waals surface area contributed by atoms with E-state index >= 15 is 0 Å². The number of halogens is 1. The molecule has 0 bridgehead atoms. The molecule has 19 heavy (non-hydrogen) atoms. The first-order valence-electron chi connectivity index (χ1n) is 5.44. The number of aliphatic hydroxyl groups excluding tert-OH is 1. The van der Waals surface area contributed by atoms with Crippen molar-refractivity contribution in [3.05, 3.63) is 33.3 Å². The van der Waals surface area contributed by atoms with Gasteiger partial charge >= 0.3 is 0 Å². The summed E-state index contributed by atoms with van der Waals surface area (Å²) >= 11 is 5.63. The number of nitrogens with zero attached hydrogens (tertiary/aromatic N) is 2. The highest BCUT2D eigenvalue weighted by Crippen LogP contribution is 2.29.